The number of para-hydroxylation sites is 1. The van der Waals surface area contributed by atoms with E-state index < -0.39 is 0 Å². The van der Waals surface area contributed by atoms with Crippen molar-refractivity contribution in [1.29, 1.82) is 0 Å². The number of aromatic nitrogens is 1. The Kier molecular flexibility index (Phi) is 4.87. The first-order chi connectivity index (χ1) is 10.4. The highest BCUT2D eigenvalue weighted by Crippen LogP contribution is 2.32. The smallest absolute Gasteiger partial charge is 0.0702 e. The Morgan fingerprint density at radius 2 is 2.05 bits per heavy atom. The van der Waals surface area contributed by atoms with Crippen molar-refractivity contribution >= 4 is 10.9 Å². The van der Waals surface area contributed by atoms with E-state index >= 15 is 0 Å². The summed E-state index contributed by atoms with van der Waals surface area (Å²) in [4.78, 5) is 4.65. The van der Waals surface area contributed by atoms with Crippen molar-refractivity contribution in [2.24, 2.45) is 0 Å². The van der Waals surface area contributed by atoms with Crippen molar-refractivity contribution in [3.63, 3.8) is 0 Å². The van der Waals surface area contributed by atoms with E-state index in [9.17, 15) is 0 Å². The summed E-state index contributed by atoms with van der Waals surface area (Å²) in [5.41, 5.74) is 2.54. The van der Waals surface area contributed by atoms with E-state index in [1.165, 1.54) is 49.5 Å². The highest BCUT2D eigenvalue weighted by Gasteiger charge is 2.21. The Morgan fingerprint density at radius 3 is 2.95 bits per heavy atom. The predicted molar refractivity (Wildman–Crippen MR) is 89.7 cm³/mol. The molecule has 1 N–H and O–H groups in total. The lowest BCUT2D eigenvalue weighted by Crippen LogP contribution is -2.30. The Labute approximate surface area is 128 Å². The van der Waals surface area contributed by atoms with Crippen LogP contribution in [0.25, 0.3) is 10.9 Å². The van der Waals surface area contributed by atoms with Gasteiger partial charge in [0.2, 0.25) is 0 Å². The molecule has 0 spiro atoms. The zero-order chi connectivity index (χ0) is 14.5. The number of nitrogens with zero attached hydrogens (tertiary/aromatic N) is 1. The van der Waals surface area contributed by atoms with Gasteiger partial charge in [-0.2, -0.15) is 0 Å². The molecule has 0 radical (unpaired) electrons. The molecule has 0 amide bonds. The fourth-order valence-electron chi connectivity index (χ4n) is 3.51. The van der Waals surface area contributed by atoms with Gasteiger partial charge in [-0.3, -0.25) is 4.98 Å². The van der Waals surface area contributed by atoms with E-state index in [1.54, 1.807) is 0 Å². The minimum absolute atomic E-state index is 0.666. The number of pyridine rings is 1. The van der Waals surface area contributed by atoms with Crippen molar-refractivity contribution < 1.29 is 0 Å². The maximum atomic E-state index is 4.65. The predicted octanol–water partition coefficient (Wildman–Crippen LogP) is 4.65. The van der Waals surface area contributed by atoms with Crippen molar-refractivity contribution in [3.05, 3.63) is 42.1 Å². The van der Waals surface area contributed by atoms with E-state index in [1.807, 2.05) is 0 Å². The molecule has 0 aliphatic heterocycles. The zero-order valence-corrected chi connectivity index (χ0v) is 13.0. The molecule has 2 heteroatoms. The van der Waals surface area contributed by atoms with Crippen LogP contribution in [0.4, 0.5) is 0 Å². The highest BCUT2D eigenvalue weighted by atomic mass is 14.9. The second kappa shape index (κ2) is 7.04. The average Bonchev–Trinajstić information content (AvgIpc) is 2.78. The van der Waals surface area contributed by atoms with E-state index in [-0.39, 0.29) is 0 Å². The molecule has 1 aliphatic rings. The van der Waals surface area contributed by atoms with Gasteiger partial charge in [-0.15, -0.1) is 0 Å². The van der Waals surface area contributed by atoms with Gasteiger partial charge in [0.15, 0.2) is 0 Å². The average molecular weight is 282 g/mol. The SMILES string of the molecule is CCCNC1CCCCC(c2cnc3ccccc3c2)C1. The summed E-state index contributed by atoms with van der Waals surface area (Å²) >= 11 is 0. The van der Waals surface area contributed by atoms with Gasteiger partial charge in [0.1, 0.15) is 0 Å². The van der Waals surface area contributed by atoms with Gasteiger partial charge in [-0.25, -0.2) is 0 Å². The van der Waals surface area contributed by atoms with Crippen LogP contribution in [0.1, 0.15) is 56.9 Å². The van der Waals surface area contributed by atoms with Crippen molar-refractivity contribution in [2.45, 2.75) is 57.4 Å². The number of benzene rings is 1. The van der Waals surface area contributed by atoms with Gasteiger partial charge in [0, 0.05) is 17.6 Å². The molecular weight excluding hydrogens is 256 g/mol. The van der Waals surface area contributed by atoms with Crippen LogP contribution in [0.5, 0.6) is 0 Å². The third-order valence-corrected chi connectivity index (χ3v) is 4.69. The highest BCUT2D eigenvalue weighted by molar-refractivity contribution is 5.78. The van der Waals surface area contributed by atoms with E-state index in [0.717, 1.165) is 12.1 Å². The van der Waals surface area contributed by atoms with Crippen LogP contribution in [0.15, 0.2) is 36.5 Å². The standard InChI is InChI=1S/C19H26N2/c1-2-11-20-18-9-5-3-7-15(13-18)17-12-16-8-4-6-10-19(16)21-14-17/h4,6,8,10,12,14-15,18,20H,2-3,5,7,9,11,13H2,1H3. The van der Waals surface area contributed by atoms with Gasteiger partial charge >= 0.3 is 0 Å². The summed E-state index contributed by atoms with van der Waals surface area (Å²) in [6.45, 7) is 3.39. The molecule has 0 bridgehead atoms. The summed E-state index contributed by atoms with van der Waals surface area (Å²) in [5.74, 6) is 0.666. The molecule has 1 aliphatic carbocycles. The lowest BCUT2D eigenvalue weighted by atomic mass is 9.90. The molecule has 3 rings (SSSR count). The number of fused-ring (bicyclic) bond motifs is 1. The summed E-state index contributed by atoms with van der Waals surface area (Å²) < 4.78 is 0. The topological polar surface area (TPSA) is 24.9 Å². The first-order valence-electron chi connectivity index (χ1n) is 8.45. The maximum absolute atomic E-state index is 4.65. The van der Waals surface area contributed by atoms with Gasteiger partial charge in [0.25, 0.3) is 0 Å². The van der Waals surface area contributed by atoms with E-state index in [2.05, 4.69) is 53.8 Å². The first-order valence-corrected chi connectivity index (χ1v) is 8.45. The molecule has 2 nitrogen and oxygen atoms in total. The third-order valence-electron chi connectivity index (χ3n) is 4.69. The van der Waals surface area contributed by atoms with E-state index in [4.69, 9.17) is 0 Å². The lowest BCUT2D eigenvalue weighted by molar-refractivity contribution is 0.439. The molecule has 0 saturated heterocycles. The number of rotatable bonds is 4. The first kappa shape index (κ1) is 14.5. The van der Waals surface area contributed by atoms with Crippen LogP contribution >= 0.6 is 0 Å². The molecule has 2 unspecified atom stereocenters. The molecule has 1 fully saturated rings. The normalized spacial score (nSPS) is 23.1. The second-order valence-electron chi connectivity index (χ2n) is 6.33. The monoisotopic (exact) mass is 282 g/mol. The molecule has 1 heterocycles. The quantitative estimate of drug-likeness (QED) is 0.826. The summed E-state index contributed by atoms with van der Waals surface area (Å²) in [7, 11) is 0. The number of hydrogen-bond donors (Lipinski definition) is 1. The van der Waals surface area contributed by atoms with Gasteiger partial charge in [-0.05, 0) is 55.8 Å². The van der Waals surface area contributed by atoms with Crippen LogP contribution in [-0.2, 0) is 0 Å². The molecule has 1 aromatic carbocycles. The number of nitrogens with one attached hydrogen (secondary N) is 1. The van der Waals surface area contributed by atoms with Crippen LogP contribution in [0.3, 0.4) is 0 Å². The van der Waals surface area contributed by atoms with Crippen LogP contribution < -0.4 is 5.32 Å². The Morgan fingerprint density at radius 1 is 1.19 bits per heavy atom. The molecular formula is C19H26N2. The van der Waals surface area contributed by atoms with Crippen LogP contribution in [0, 0.1) is 0 Å². The zero-order valence-electron chi connectivity index (χ0n) is 13.0. The molecule has 2 aromatic rings. The van der Waals surface area contributed by atoms with E-state index in [0.29, 0.717) is 12.0 Å². The second-order valence-corrected chi connectivity index (χ2v) is 6.33. The Hall–Kier alpha value is -1.41. The van der Waals surface area contributed by atoms with Crippen molar-refractivity contribution in [3.8, 4) is 0 Å². The Bertz CT molecular complexity index is 579. The summed E-state index contributed by atoms with van der Waals surface area (Å²) in [5, 5.41) is 5.00. The molecule has 21 heavy (non-hydrogen) atoms. The molecule has 2 atom stereocenters. The summed E-state index contributed by atoms with van der Waals surface area (Å²) in [6.07, 6.45) is 9.94. The minimum Gasteiger partial charge on any atom is -0.314 e. The number of hydrogen-bond acceptors (Lipinski definition) is 2. The molecule has 1 aromatic heterocycles. The van der Waals surface area contributed by atoms with Crippen molar-refractivity contribution in [1.82, 2.24) is 10.3 Å². The third kappa shape index (κ3) is 3.62. The molecule has 112 valence electrons. The fourth-order valence-corrected chi connectivity index (χ4v) is 3.51. The largest absolute Gasteiger partial charge is 0.314 e. The van der Waals surface area contributed by atoms with Gasteiger partial charge in [-0.1, -0.05) is 38.0 Å². The Balaban J connectivity index is 1.78. The minimum atomic E-state index is 0.666. The summed E-state index contributed by atoms with van der Waals surface area (Å²) in [6, 6.07) is 11.5. The fraction of sp³-hybridized carbons (Fsp3) is 0.526. The maximum Gasteiger partial charge on any atom is 0.0702 e. The van der Waals surface area contributed by atoms with Crippen molar-refractivity contribution in [2.75, 3.05) is 6.54 Å². The van der Waals surface area contributed by atoms with Crippen LogP contribution in [0.2, 0.25) is 0 Å². The lowest BCUT2D eigenvalue weighted by Gasteiger charge is -2.21. The van der Waals surface area contributed by atoms with Gasteiger partial charge in [0.05, 0.1) is 5.52 Å². The van der Waals surface area contributed by atoms with Gasteiger partial charge < -0.3 is 5.32 Å². The van der Waals surface area contributed by atoms with Crippen LogP contribution in [-0.4, -0.2) is 17.6 Å². The molecule has 1 saturated carbocycles.